The molecular weight excluding hydrogens is 457 g/mol. The molecule has 2 aromatic rings. The molecule has 3 N–H and O–H groups in total. The van der Waals surface area contributed by atoms with E-state index in [1.807, 2.05) is 43.8 Å². The average molecular weight is 489 g/mol. The highest BCUT2D eigenvalue weighted by Gasteiger charge is 2.27. The van der Waals surface area contributed by atoms with Gasteiger partial charge in [0.2, 0.25) is 0 Å². The zero-order chi connectivity index (χ0) is 19.2. The van der Waals surface area contributed by atoms with Crippen molar-refractivity contribution in [2.24, 2.45) is 10.9 Å². The van der Waals surface area contributed by atoms with E-state index >= 15 is 0 Å². The largest absolute Gasteiger partial charge is 0.466 e. The number of aryl methyl sites for hydroxylation is 2. The number of guanidine groups is 1. The second-order valence-corrected chi connectivity index (χ2v) is 7.01. The Labute approximate surface area is 178 Å². The van der Waals surface area contributed by atoms with Gasteiger partial charge in [-0.3, -0.25) is 4.68 Å². The number of aromatic nitrogens is 2. The number of rotatable bonds is 8. The van der Waals surface area contributed by atoms with Crippen molar-refractivity contribution >= 4 is 29.9 Å². The summed E-state index contributed by atoms with van der Waals surface area (Å²) in [6, 6.07) is 3.80. The summed E-state index contributed by atoms with van der Waals surface area (Å²) in [5.41, 5.74) is -0.299. The summed E-state index contributed by atoms with van der Waals surface area (Å²) in [5, 5.41) is 21.6. The SMILES string of the molecule is CCNC(=NCC(C)(O)c1cc(C)oc1C)NCC(C)Cn1cccn1.I. The molecule has 8 heteroatoms. The lowest BCUT2D eigenvalue weighted by Crippen LogP contribution is -2.41. The number of halogens is 1. The Hall–Kier alpha value is -1.55. The summed E-state index contributed by atoms with van der Waals surface area (Å²) in [6.07, 6.45) is 3.75. The van der Waals surface area contributed by atoms with E-state index in [4.69, 9.17) is 4.42 Å². The number of nitrogens with zero attached hydrogens (tertiary/aromatic N) is 3. The number of aliphatic hydroxyl groups is 1. The van der Waals surface area contributed by atoms with E-state index in [0.29, 0.717) is 11.9 Å². The summed E-state index contributed by atoms with van der Waals surface area (Å²) >= 11 is 0. The fourth-order valence-corrected chi connectivity index (χ4v) is 2.89. The van der Waals surface area contributed by atoms with Gasteiger partial charge in [-0.1, -0.05) is 6.92 Å². The fraction of sp³-hybridized carbons (Fsp3) is 0.579. The van der Waals surface area contributed by atoms with E-state index in [-0.39, 0.29) is 30.5 Å². The Bertz CT molecular complexity index is 710. The molecule has 0 aromatic carbocycles. The molecule has 0 saturated heterocycles. The van der Waals surface area contributed by atoms with Crippen LogP contribution < -0.4 is 10.6 Å². The van der Waals surface area contributed by atoms with Gasteiger partial charge in [-0.15, -0.1) is 24.0 Å². The summed E-state index contributed by atoms with van der Waals surface area (Å²) in [5.74, 6) is 2.60. The molecule has 0 saturated carbocycles. The summed E-state index contributed by atoms with van der Waals surface area (Å²) in [6.45, 7) is 12.3. The molecule has 0 radical (unpaired) electrons. The molecule has 2 unspecified atom stereocenters. The van der Waals surface area contributed by atoms with Crippen LogP contribution in [0.2, 0.25) is 0 Å². The van der Waals surface area contributed by atoms with Gasteiger partial charge in [0.1, 0.15) is 17.1 Å². The van der Waals surface area contributed by atoms with Crippen LogP contribution in [0.3, 0.4) is 0 Å². The van der Waals surface area contributed by atoms with Crippen molar-refractivity contribution in [1.29, 1.82) is 0 Å². The second-order valence-electron chi connectivity index (χ2n) is 7.01. The number of nitrogens with one attached hydrogen (secondary N) is 2. The first-order valence-corrected chi connectivity index (χ1v) is 9.11. The smallest absolute Gasteiger partial charge is 0.191 e. The van der Waals surface area contributed by atoms with Crippen molar-refractivity contribution in [2.75, 3.05) is 19.6 Å². The molecule has 0 bridgehead atoms. The second kappa shape index (κ2) is 10.7. The number of aliphatic imine (C=N–C) groups is 1. The van der Waals surface area contributed by atoms with Crippen LogP contribution in [-0.2, 0) is 12.1 Å². The molecule has 0 aliphatic rings. The highest BCUT2D eigenvalue weighted by atomic mass is 127. The maximum absolute atomic E-state index is 10.8. The van der Waals surface area contributed by atoms with E-state index in [9.17, 15) is 5.11 Å². The molecule has 0 spiro atoms. The number of hydrogen-bond acceptors (Lipinski definition) is 4. The molecule has 2 heterocycles. The predicted octanol–water partition coefficient (Wildman–Crippen LogP) is 2.81. The molecule has 2 aromatic heterocycles. The predicted molar refractivity (Wildman–Crippen MR) is 119 cm³/mol. The fourth-order valence-electron chi connectivity index (χ4n) is 2.89. The van der Waals surface area contributed by atoms with Crippen LogP contribution in [0.25, 0.3) is 0 Å². The average Bonchev–Trinajstić information content (AvgIpc) is 3.19. The molecular formula is C19H32IN5O2. The minimum absolute atomic E-state index is 0. The van der Waals surface area contributed by atoms with Crippen LogP contribution in [0.1, 0.15) is 37.9 Å². The minimum atomic E-state index is -1.08. The maximum Gasteiger partial charge on any atom is 0.191 e. The standard InChI is InChI=1S/C19H31N5O2.HI/c1-6-20-18(21-11-14(2)12-24-9-7-8-23-24)22-13-19(5,25)17-10-15(3)26-16(17)4;/h7-10,14,25H,6,11-13H2,1-5H3,(H2,20,21,22);1H. The normalized spacial score (nSPS) is 15.0. The van der Waals surface area contributed by atoms with Gasteiger partial charge >= 0.3 is 0 Å². The van der Waals surface area contributed by atoms with Crippen molar-refractivity contribution < 1.29 is 9.52 Å². The van der Waals surface area contributed by atoms with Crippen LogP contribution in [0.4, 0.5) is 0 Å². The van der Waals surface area contributed by atoms with Crippen LogP contribution in [0, 0.1) is 19.8 Å². The summed E-state index contributed by atoms with van der Waals surface area (Å²) in [4.78, 5) is 4.56. The van der Waals surface area contributed by atoms with E-state index in [2.05, 4.69) is 27.6 Å². The molecule has 152 valence electrons. The lowest BCUT2D eigenvalue weighted by atomic mass is 9.96. The van der Waals surface area contributed by atoms with Gasteiger partial charge in [0.25, 0.3) is 0 Å². The van der Waals surface area contributed by atoms with E-state index in [1.165, 1.54) is 0 Å². The highest BCUT2D eigenvalue weighted by molar-refractivity contribution is 14.0. The third kappa shape index (κ3) is 7.17. The third-order valence-corrected chi connectivity index (χ3v) is 4.19. The van der Waals surface area contributed by atoms with Crippen molar-refractivity contribution in [3.8, 4) is 0 Å². The van der Waals surface area contributed by atoms with E-state index in [1.54, 1.807) is 13.1 Å². The van der Waals surface area contributed by atoms with Gasteiger partial charge in [-0.05, 0) is 45.7 Å². The van der Waals surface area contributed by atoms with Crippen LogP contribution in [0.15, 0.2) is 33.9 Å². The zero-order valence-corrected chi connectivity index (χ0v) is 19.2. The first-order chi connectivity index (χ1) is 12.3. The van der Waals surface area contributed by atoms with Gasteiger partial charge in [0, 0.05) is 37.6 Å². The highest BCUT2D eigenvalue weighted by Crippen LogP contribution is 2.27. The quantitative estimate of drug-likeness (QED) is 0.302. The number of hydrogen-bond donors (Lipinski definition) is 3. The molecule has 2 atom stereocenters. The molecule has 7 nitrogen and oxygen atoms in total. The Morgan fingerprint density at radius 2 is 2.15 bits per heavy atom. The van der Waals surface area contributed by atoms with Crippen molar-refractivity contribution in [2.45, 2.75) is 46.8 Å². The van der Waals surface area contributed by atoms with Crippen LogP contribution in [0.5, 0.6) is 0 Å². The minimum Gasteiger partial charge on any atom is -0.466 e. The molecule has 0 aliphatic carbocycles. The van der Waals surface area contributed by atoms with E-state index < -0.39 is 5.60 Å². The lowest BCUT2D eigenvalue weighted by molar-refractivity contribution is 0.0657. The first-order valence-electron chi connectivity index (χ1n) is 9.11. The molecule has 2 rings (SSSR count). The van der Waals surface area contributed by atoms with Gasteiger partial charge in [0.15, 0.2) is 5.96 Å². The lowest BCUT2D eigenvalue weighted by Gasteiger charge is -2.22. The Morgan fingerprint density at radius 3 is 2.70 bits per heavy atom. The topological polar surface area (TPSA) is 87.6 Å². The van der Waals surface area contributed by atoms with Gasteiger partial charge in [-0.2, -0.15) is 5.10 Å². The molecule has 0 aliphatic heterocycles. The first kappa shape index (κ1) is 23.5. The Morgan fingerprint density at radius 1 is 1.41 bits per heavy atom. The Balaban J connectivity index is 0.00000364. The molecule has 0 fully saturated rings. The summed E-state index contributed by atoms with van der Waals surface area (Å²) in [7, 11) is 0. The molecule has 27 heavy (non-hydrogen) atoms. The van der Waals surface area contributed by atoms with Crippen molar-refractivity contribution in [3.05, 3.63) is 41.6 Å². The van der Waals surface area contributed by atoms with E-state index in [0.717, 1.165) is 36.7 Å². The van der Waals surface area contributed by atoms with Gasteiger partial charge < -0.3 is 20.2 Å². The monoisotopic (exact) mass is 489 g/mol. The van der Waals surface area contributed by atoms with Crippen LogP contribution in [-0.4, -0.2) is 40.5 Å². The van der Waals surface area contributed by atoms with Gasteiger partial charge in [0.05, 0.1) is 6.54 Å². The van der Waals surface area contributed by atoms with Gasteiger partial charge in [-0.25, -0.2) is 4.99 Å². The number of furan rings is 1. The zero-order valence-electron chi connectivity index (χ0n) is 16.8. The third-order valence-electron chi connectivity index (χ3n) is 4.19. The van der Waals surface area contributed by atoms with Crippen LogP contribution >= 0.6 is 24.0 Å². The van der Waals surface area contributed by atoms with Crippen molar-refractivity contribution in [1.82, 2.24) is 20.4 Å². The molecule has 0 amide bonds. The summed E-state index contributed by atoms with van der Waals surface area (Å²) < 4.78 is 7.46. The van der Waals surface area contributed by atoms with Crippen molar-refractivity contribution in [3.63, 3.8) is 0 Å². The maximum atomic E-state index is 10.8. The Kier molecular flexibility index (Phi) is 9.31.